The third-order valence-corrected chi connectivity index (χ3v) is 2.66. The highest BCUT2D eigenvalue weighted by Gasteiger charge is 2.04. The Labute approximate surface area is 118 Å². The molecule has 0 saturated heterocycles. The molecule has 0 aliphatic carbocycles. The minimum absolute atomic E-state index is 0.207. The normalized spacial score (nSPS) is 10.2. The molecular formula is C15H17N3O2. The molecule has 2 rings (SSSR count). The second kappa shape index (κ2) is 8.01. The Morgan fingerprint density at radius 3 is 2.80 bits per heavy atom. The standard InChI is InChI=1S/C15H17N3O2/c19-15(14-11-16-8-9-17-14)18-7-4-10-20-12-13-5-2-1-3-6-13/h1-3,5-6,8-9,11H,4,7,10,12H2,(H,18,19). The molecule has 1 amide bonds. The lowest BCUT2D eigenvalue weighted by Crippen LogP contribution is -2.26. The fourth-order valence-electron chi connectivity index (χ4n) is 1.65. The predicted octanol–water partition coefficient (Wildman–Crippen LogP) is 1.81. The van der Waals surface area contributed by atoms with E-state index in [0.717, 1.165) is 12.0 Å². The van der Waals surface area contributed by atoms with Crippen molar-refractivity contribution in [3.05, 3.63) is 60.2 Å². The van der Waals surface area contributed by atoms with Gasteiger partial charge in [-0.3, -0.25) is 9.78 Å². The van der Waals surface area contributed by atoms with E-state index < -0.39 is 0 Å². The summed E-state index contributed by atoms with van der Waals surface area (Å²) in [6, 6.07) is 10.00. The summed E-state index contributed by atoms with van der Waals surface area (Å²) >= 11 is 0. The molecule has 5 nitrogen and oxygen atoms in total. The zero-order chi connectivity index (χ0) is 14.0. The van der Waals surface area contributed by atoms with Gasteiger partial charge in [0.15, 0.2) is 0 Å². The van der Waals surface area contributed by atoms with E-state index in [1.807, 2.05) is 30.3 Å². The summed E-state index contributed by atoms with van der Waals surface area (Å²) in [7, 11) is 0. The number of nitrogens with one attached hydrogen (secondary N) is 1. The van der Waals surface area contributed by atoms with Gasteiger partial charge in [-0.1, -0.05) is 30.3 Å². The molecule has 0 radical (unpaired) electrons. The molecule has 1 aromatic carbocycles. The van der Waals surface area contributed by atoms with Crippen molar-refractivity contribution >= 4 is 5.91 Å². The van der Waals surface area contributed by atoms with Crippen LogP contribution in [0.25, 0.3) is 0 Å². The highest BCUT2D eigenvalue weighted by molar-refractivity contribution is 5.91. The van der Waals surface area contributed by atoms with Gasteiger partial charge in [-0.2, -0.15) is 0 Å². The van der Waals surface area contributed by atoms with E-state index in [1.54, 1.807) is 0 Å². The SMILES string of the molecule is O=C(NCCCOCc1ccccc1)c1cnccn1. The summed E-state index contributed by atoms with van der Waals surface area (Å²) in [5.74, 6) is -0.207. The van der Waals surface area contributed by atoms with Gasteiger partial charge in [0, 0.05) is 25.5 Å². The molecule has 2 aromatic rings. The molecule has 0 aliphatic heterocycles. The summed E-state index contributed by atoms with van der Waals surface area (Å²) in [6.07, 6.45) is 5.24. The Morgan fingerprint density at radius 1 is 1.20 bits per heavy atom. The molecule has 1 aromatic heterocycles. The van der Waals surface area contributed by atoms with Gasteiger partial charge in [-0.15, -0.1) is 0 Å². The van der Waals surface area contributed by atoms with E-state index in [4.69, 9.17) is 4.74 Å². The molecule has 0 bridgehead atoms. The van der Waals surface area contributed by atoms with Crippen LogP contribution in [0.5, 0.6) is 0 Å². The number of rotatable bonds is 7. The van der Waals surface area contributed by atoms with E-state index in [-0.39, 0.29) is 5.91 Å². The molecule has 0 spiro atoms. The number of carbonyl (C=O) groups is 1. The van der Waals surface area contributed by atoms with E-state index in [1.165, 1.54) is 18.6 Å². The molecule has 0 saturated carbocycles. The maximum atomic E-state index is 11.6. The number of nitrogens with zero attached hydrogens (tertiary/aromatic N) is 2. The van der Waals surface area contributed by atoms with Gasteiger partial charge < -0.3 is 10.1 Å². The van der Waals surface area contributed by atoms with Gasteiger partial charge in [0.25, 0.3) is 5.91 Å². The second-order valence-corrected chi connectivity index (χ2v) is 4.24. The van der Waals surface area contributed by atoms with Crippen LogP contribution in [0.1, 0.15) is 22.5 Å². The van der Waals surface area contributed by atoms with Gasteiger partial charge in [0.2, 0.25) is 0 Å². The Morgan fingerprint density at radius 2 is 2.05 bits per heavy atom. The fraction of sp³-hybridized carbons (Fsp3) is 0.267. The maximum Gasteiger partial charge on any atom is 0.271 e. The first-order valence-electron chi connectivity index (χ1n) is 6.52. The Hall–Kier alpha value is -2.27. The number of hydrogen-bond acceptors (Lipinski definition) is 4. The van der Waals surface area contributed by atoms with Crippen LogP contribution < -0.4 is 5.32 Å². The van der Waals surface area contributed by atoms with Crippen molar-refractivity contribution in [3.8, 4) is 0 Å². The van der Waals surface area contributed by atoms with Gasteiger partial charge in [0.1, 0.15) is 5.69 Å². The van der Waals surface area contributed by atoms with Gasteiger partial charge in [-0.25, -0.2) is 4.98 Å². The zero-order valence-electron chi connectivity index (χ0n) is 11.2. The average Bonchev–Trinajstić information content (AvgIpc) is 2.52. The van der Waals surface area contributed by atoms with E-state index >= 15 is 0 Å². The summed E-state index contributed by atoms with van der Waals surface area (Å²) < 4.78 is 5.53. The smallest absolute Gasteiger partial charge is 0.271 e. The van der Waals surface area contributed by atoms with Crippen molar-refractivity contribution in [1.29, 1.82) is 0 Å². The number of ether oxygens (including phenoxy) is 1. The first-order chi connectivity index (χ1) is 9.86. The lowest BCUT2D eigenvalue weighted by atomic mass is 10.2. The average molecular weight is 271 g/mol. The molecule has 1 heterocycles. The third-order valence-electron chi connectivity index (χ3n) is 2.66. The second-order valence-electron chi connectivity index (χ2n) is 4.24. The molecule has 0 aliphatic rings. The summed E-state index contributed by atoms with van der Waals surface area (Å²) in [5.41, 5.74) is 1.48. The Balaban J connectivity index is 1.57. The topological polar surface area (TPSA) is 64.1 Å². The molecule has 0 unspecified atom stereocenters. The third kappa shape index (κ3) is 4.78. The van der Waals surface area contributed by atoms with Gasteiger partial charge in [-0.05, 0) is 12.0 Å². The van der Waals surface area contributed by atoms with Crippen LogP contribution in [0.2, 0.25) is 0 Å². The molecule has 1 N–H and O–H groups in total. The van der Waals surface area contributed by atoms with Crippen LogP contribution in [0, 0.1) is 0 Å². The lowest BCUT2D eigenvalue weighted by molar-refractivity contribution is 0.0929. The number of carbonyl (C=O) groups excluding carboxylic acids is 1. The van der Waals surface area contributed by atoms with E-state index in [2.05, 4.69) is 15.3 Å². The van der Waals surface area contributed by atoms with Crippen molar-refractivity contribution < 1.29 is 9.53 Å². The summed E-state index contributed by atoms with van der Waals surface area (Å²) in [4.78, 5) is 19.4. The van der Waals surface area contributed by atoms with Crippen LogP contribution in [0.4, 0.5) is 0 Å². The maximum absolute atomic E-state index is 11.6. The Bertz CT molecular complexity index is 517. The van der Waals surface area contributed by atoms with Crippen molar-refractivity contribution in [3.63, 3.8) is 0 Å². The molecule has 20 heavy (non-hydrogen) atoms. The number of benzene rings is 1. The molecule has 5 heteroatoms. The van der Waals surface area contributed by atoms with Crippen molar-refractivity contribution in [2.45, 2.75) is 13.0 Å². The quantitative estimate of drug-likeness (QED) is 0.780. The van der Waals surface area contributed by atoms with Crippen molar-refractivity contribution in [2.75, 3.05) is 13.2 Å². The molecule has 0 atom stereocenters. The van der Waals surface area contributed by atoms with Gasteiger partial charge >= 0.3 is 0 Å². The monoisotopic (exact) mass is 271 g/mol. The van der Waals surface area contributed by atoms with Crippen LogP contribution in [-0.2, 0) is 11.3 Å². The Kier molecular flexibility index (Phi) is 5.67. The fourth-order valence-corrected chi connectivity index (χ4v) is 1.65. The lowest BCUT2D eigenvalue weighted by Gasteiger charge is -2.06. The first-order valence-corrected chi connectivity index (χ1v) is 6.52. The van der Waals surface area contributed by atoms with E-state index in [9.17, 15) is 4.79 Å². The highest BCUT2D eigenvalue weighted by Crippen LogP contribution is 2.00. The van der Waals surface area contributed by atoms with Gasteiger partial charge in [0.05, 0.1) is 12.8 Å². The molecule has 0 fully saturated rings. The summed E-state index contributed by atoms with van der Waals surface area (Å²) in [5, 5.41) is 2.78. The van der Waals surface area contributed by atoms with Crippen LogP contribution in [0.15, 0.2) is 48.9 Å². The zero-order valence-corrected chi connectivity index (χ0v) is 11.2. The summed E-state index contributed by atoms with van der Waals surface area (Å²) in [6.45, 7) is 1.76. The largest absolute Gasteiger partial charge is 0.377 e. The van der Waals surface area contributed by atoms with Crippen LogP contribution >= 0.6 is 0 Å². The number of amides is 1. The number of aromatic nitrogens is 2. The van der Waals surface area contributed by atoms with E-state index in [0.29, 0.717) is 25.5 Å². The molecular weight excluding hydrogens is 254 g/mol. The van der Waals surface area contributed by atoms with Crippen LogP contribution in [0.3, 0.4) is 0 Å². The minimum atomic E-state index is -0.207. The highest BCUT2D eigenvalue weighted by atomic mass is 16.5. The molecule has 104 valence electrons. The first kappa shape index (κ1) is 14.1. The number of hydrogen-bond donors (Lipinski definition) is 1. The van der Waals surface area contributed by atoms with Crippen LogP contribution in [-0.4, -0.2) is 29.0 Å². The van der Waals surface area contributed by atoms with Crippen molar-refractivity contribution in [1.82, 2.24) is 15.3 Å². The predicted molar refractivity (Wildman–Crippen MR) is 75.1 cm³/mol. The van der Waals surface area contributed by atoms with Crippen molar-refractivity contribution in [2.24, 2.45) is 0 Å². The minimum Gasteiger partial charge on any atom is -0.377 e.